The number of aromatic nitrogens is 1. The largest absolute Gasteiger partial charge is 0.354 e. The van der Waals surface area contributed by atoms with Crippen molar-refractivity contribution < 1.29 is 0 Å². The molecule has 2 nitrogen and oxygen atoms in total. The minimum Gasteiger partial charge on any atom is -0.354 e. The standard InChI is InChI=1S/C15H17BrN2/c1-11-4-6-13(7-5-11)10-18(3)15-14(16)12(2)8-9-17-15/h4-9H,10H2,1-3H3. The van der Waals surface area contributed by atoms with E-state index in [9.17, 15) is 0 Å². The summed E-state index contributed by atoms with van der Waals surface area (Å²) in [7, 11) is 2.06. The molecule has 0 radical (unpaired) electrons. The average molecular weight is 305 g/mol. The van der Waals surface area contributed by atoms with Crippen molar-refractivity contribution >= 4 is 21.7 Å². The number of benzene rings is 1. The van der Waals surface area contributed by atoms with Crippen molar-refractivity contribution in [3.8, 4) is 0 Å². The first-order chi connectivity index (χ1) is 8.58. The third-order valence-corrected chi connectivity index (χ3v) is 3.95. The van der Waals surface area contributed by atoms with Crippen LogP contribution in [0.4, 0.5) is 5.82 Å². The van der Waals surface area contributed by atoms with Gasteiger partial charge in [0.15, 0.2) is 0 Å². The summed E-state index contributed by atoms with van der Waals surface area (Å²) in [6.07, 6.45) is 1.85. The van der Waals surface area contributed by atoms with Crippen molar-refractivity contribution in [1.29, 1.82) is 0 Å². The Balaban J connectivity index is 2.19. The van der Waals surface area contributed by atoms with E-state index >= 15 is 0 Å². The Labute approximate surface area is 117 Å². The van der Waals surface area contributed by atoms with E-state index in [-0.39, 0.29) is 0 Å². The minimum atomic E-state index is 0.856. The highest BCUT2D eigenvalue weighted by Gasteiger charge is 2.09. The molecule has 2 rings (SSSR count). The fraction of sp³-hybridized carbons (Fsp3) is 0.267. The van der Waals surface area contributed by atoms with Gasteiger partial charge in [-0.05, 0) is 47.0 Å². The number of pyridine rings is 1. The normalized spacial score (nSPS) is 10.4. The van der Waals surface area contributed by atoms with Crippen LogP contribution in [-0.4, -0.2) is 12.0 Å². The topological polar surface area (TPSA) is 16.1 Å². The molecule has 1 aromatic heterocycles. The van der Waals surface area contributed by atoms with Crippen LogP contribution in [0.5, 0.6) is 0 Å². The van der Waals surface area contributed by atoms with Crippen LogP contribution in [0.15, 0.2) is 41.0 Å². The molecule has 18 heavy (non-hydrogen) atoms. The maximum absolute atomic E-state index is 4.43. The molecule has 0 N–H and O–H groups in total. The molecule has 2 aromatic rings. The van der Waals surface area contributed by atoms with Crippen molar-refractivity contribution in [1.82, 2.24) is 4.98 Å². The van der Waals surface area contributed by atoms with Gasteiger partial charge >= 0.3 is 0 Å². The Morgan fingerprint density at radius 1 is 1.11 bits per heavy atom. The predicted octanol–water partition coefficient (Wildman–Crippen LogP) is 4.10. The number of hydrogen-bond acceptors (Lipinski definition) is 2. The van der Waals surface area contributed by atoms with Crippen LogP contribution < -0.4 is 4.90 Å². The first kappa shape index (κ1) is 13.1. The molecule has 94 valence electrons. The zero-order chi connectivity index (χ0) is 13.1. The lowest BCUT2D eigenvalue weighted by Crippen LogP contribution is -2.18. The molecule has 0 saturated carbocycles. The highest BCUT2D eigenvalue weighted by atomic mass is 79.9. The van der Waals surface area contributed by atoms with E-state index in [1.54, 1.807) is 0 Å². The van der Waals surface area contributed by atoms with Gasteiger partial charge in [-0.1, -0.05) is 29.8 Å². The molecule has 0 bridgehead atoms. The van der Waals surface area contributed by atoms with Gasteiger partial charge in [0.1, 0.15) is 5.82 Å². The highest BCUT2D eigenvalue weighted by Crippen LogP contribution is 2.26. The monoisotopic (exact) mass is 304 g/mol. The second-order valence-electron chi connectivity index (χ2n) is 4.61. The number of halogens is 1. The lowest BCUT2D eigenvalue weighted by Gasteiger charge is -2.20. The van der Waals surface area contributed by atoms with Gasteiger partial charge in [0, 0.05) is 19.8 Å². The minimum absolute atomic E-state index is 0.856. The first-order valence-corrected chi connectivity index (χ1v) is 6.75. The summed E-state index contributed by atoms with van der Waals surface area (Å²) in [5.41, 5.74) is 3.78. The van der Waals surface area contributed by atoms with Crippen LogP contribution in [0.25, 0.3) is 0 Å². The molecule has 1 aromatic carbocycles. The number of anilines is 1. The fourth-order valence-electron chi connectivity index (χ4n) is 1.83. The molecule has 0 spiro atoms. The van der Waals surface area contributed by atoms with Crippen molar-refractivity contribution in [3.63, 3.8) is 0 Å². The maximum Gasteiger partial charge on any atom is 0.143 e. The number of nitrogens with zero attached hydrogens (tertiary/aromatic N) is 2. The number of hydrogen-bond donors (Lipinski definition) is 0. The summed E-state index contributed by atoms with van der Waals surface area (Å²) in [5, 5.41) is 0. The van der Waals surface area contributed by atoms with E-state index in [1.165, 1.54) is 16.7 Å². The Morgan fingerprint density at radius 3 is 2.44 bits per heavy atom. The van der Waals surface area contributed by atoms with Gasteiger partial charge in [-0.3, -0.25) is 0 Å². The molecule has 0 aliphatic rings. The van der Waals surface area contributed by atoms with Crippen LogP contribution in [0.3, 0.4) is 0 Å². The number of rotatable bonds is 3. The van der Waals surface area contributed by atoms with E-state index in [4.69, 9.17) is 0 Å². The quantitative estimate of drug-likeness (QED) is 0.849. The lowest BCUT2D eigenvalue weighted by atomic mass is 10.1. The molecule has 0 atom stereocenters. The molecule has 0 aliphatic carbocycles. The highest BCUT2D eigenvalue weighted by molar-refractivity contribution is 9.10. The maximum atomic E-state index is 4.43. The first-order valence-electron chi connectivity index (χ1n) is 5.95. The lowest BCUT2D eigenvalue weighted by molar-refractivity contribution is 0.891. The molecule has 0 unspecified atom stereocenters. The Morgan fingerprint density at radius 2 is 1.78 bits per heavy atom. The van der Waals surface area contributed by atoms with Crippen molar-refractivity contribution in [2.75, 3.05) is 11.9 Å². The summed E-state index contributed by atoms with van der Waals surface area (Å²) in [6, 6.07) is 10.6. The average Bonchev–Trinajstić information content (AvgIpc) is 2.35. The van der Waals surface area contributed by atoms with E-state index in [1.807, 2.05) is 12.3 Å². The third kappa shape index (κ3) is 2.91. The zero-order valence-corrected chi connectivity index (χ0v) is 12.5. The van der Waals surface area contributed by atoms with Gasteiger partial charge in [0.2, 0.25) is 0 Å². The predicted molar refractivity (Wildman–Crippen MR) is 80.0 cm³/mol. The van der Waals surface area contributed by atoms with Gasteiger partial charge in [-0.2, -0.15) is 0 Å². The van der Waals surface area contributed by atoms with E-state index in [2.05, 4.69) is 71.0 Å². The molecule has 1 heterocycles. The molecular weight excluding hydrogens is 288 g/mol. The SMILES string of the molecule is Cc1ccc(CN(C)c2nccc(C)c2Br)cc1. The Hall–Kier alpha value is -1.35. The van der Waals surface area contributed by atoms with Crippen LogP contribution >= 0.6 is 15.9 Å². The van der Waals surface area contributed by atoms with Gasteiger partial charge in [0.25, 0.3) is 0 Å². The molecule has 0 amide bonds. The van der Waals surface area contributed by atoms with Crippen LogP contribution in [-0.2, 0) is 6.54 Å². The van der Waals surface area contributed by atoms with Gasteiger partial charge in [-0.25, -0.2) is 4.98 Å². The molecule has 0 fully saturated rings. The van der Waals surface area contributed by atoms with Crippen LogP contribution in [0.1, 0.15) is 16.7 Å². The van der Waals surface area contributed by atoms with Gasteiger partial charge < -0.3 is 4.90 Å². The molecule has 0 saturated heterocycles. The summed E-state index contributed by atoms with van der Waals surface area (Å²) in [6.45, 7) is 5.04. The van der Waals surface area contributed by atoms with Crippen molar-refractivity contribution in [3.05, 3.63) is 57.7 Å². The Bertz CT molecular complexity index is 535. The van der Waals surface area contributed by atoms with Crippen LogP contribution in [0, 0.1) is 13.8 Å². The van der Waals surface area contributed by atoms with Gasteiger partial charge in [0.05, 0.1) is 4.47 Å². The van der Waals surface area contributed by atoms with Crippen molar-refractivity contribution in [2.24, 2.45) is 0 Å². The molecule has 3 heteroatoms. The fourth-order valence-corrected chi connectivity index (χ4v) is 2.37. The smallest absolute Gasteiger partial charge is 0.143 e. The van der Waals surface area contributed by atoms with Gasteiger partial charge in [-0.15, -0.1) is 0 Å². The molecule has 0 aliphatic heterocycles. The zero-order valence-electron chi connectivity index (χ0n) is 10.9. The summed E-state index contributed by atoms with van der Waals surface area (Å²) >= 11 is 3.60. The summed E-state index contributed by atoms with van der Waals surface area (Å²) in [5.74, 6) is 0.982. The second kappa shape index (κ2) is 5.53. The number of aryl methyl sites for hydroxylation is 2. The third-order valence-electron chi connectivity index (χ3n) is 2.97. The van der Waals surface area contributed by atoms with Crippen LogP contribution in [0.2, 0.25) is 0 Å². The Kier molecular flexibility index (Phi) is 4.02. The molecular formula is C15H17BrN2. The van der Waals surface area contributed by atoms with E-state index in [0.29, 0.717) is 0 Å². The summed E-state index contributed by atoms with van der Waals surface area (Å²) < 4.78 is 1.07. The van der Waals surface area contributed by atoms with Crippen molar-refractivity contribution in [2.45, 2.75) is 20.4 Å². The van der Waals surface area contributed by atoms with E-state index in [0.717, 1.165) is 16.8 Å². The summed E-state index contributed by atoms with van der Waals surface area (Å²) in [4.78, 5) is 6.59. The second-order valence-corrected chi connectivity index (χ2v) is 5.40. The van der Waals surface area contributed by atoms with E-state index < -0.39 is 0 Å².